The minimum Gasteiger partial charge on any atom is -0.507 e. The van der Waals surface area contributed by atoms with E-state index in [4.69, 9.17) is 0 Å². The van der Waals surface area contributed by atoms with Crippen LogP contribution in [0, 0.1) is 0 Å². The van der Waals surface area contributed by atoms with Crippen molar-refractivity contribution in [1.82, 2.24) is 4.90 Å². The predicted molar refractivity (Wildman–Crippen MR) is 168 cm³/mol. The maximum Gasteiger partial charge on any atom is 0.295 e. The van der Waals surface area contributed by atoms with Gasteiger partial charge in [0.2, 0.25) is 0 Å². The van der Waals surface area contributed by atoms with Gasteiger partial charge in [0.15, 0.2) is 0 Å². The number of benzene rings is 2. The highest BCUT2D eigenvalue weighted by atomic mass is 79.9. The number of likely N-dealkylation sites (tertiary alicyclic amines) is 1. The molecule has 1 saturated heterocycles. The highest BCUT2D eigenvalue weighted by Crippen LogP contribution is 2.40. The summed E-state index contributed by atoms with van der Waals surface area (Å²) in [4.78, 5) is 28.0. The van der Waals surface area contributed by atoms with E-state index < -0.39 is 17.7 Å². The summed E-state index contributed by atoms with van der Waals surface area (Å²) in [6.07, 6.45) is 17.7. The summed E-state index contributed by atoms with van der Waals surface area (Å²) >= 11 is 6.87. The molecule has 6 heteroatoms. The third kappa shape index (κ3) is 9.60. The third-order valence-corrected chi connectivity index (χ3v) is 8.65. The van der Waals surface area contributed by atoms with Crippen LogP contribution >= 0.6 is 31.9 Å². The second-order valence-corrected chi connectivity index (χ2v) is 12.5. The van der Waals surface area contributed by atoms with Gasteiger partial charge in [-0.25, -0.2) is 0 Å². The first-order valence-corrected chi connectivity index (χ1v) is 16.3. The Bertz CT molecular complexity index is 1080. The minimum atomic E-state index is -0.617. The molecule has 39 heavy (non-hydrogen) atoms. The first-order chi connectivity index (χ1) is 18.9. The molecule has 2 aromatic rings. The zero-order chi connectivity index (χ0) is 28.0. The molecular weight excluding hydrogens is 618 g/mol. The lowest BCUT2D eigenvalue weighted by molar-refractivity contribution is -0.139. The van der Waals surface area contributed by atoms with Crippen LogP contribution in [-0.4, -0.2) is 28.2 Å². The van der Waals surface area contributed by atoms with Crippen molar-refractivity contribution in [3.05, 3.63) is 74.2 Å². The number of amides is 1. The summed E-state index contributed by atoms with van der Waals surface area (Å²) in [5.41, 5.74) is 1.51. The van der Waals surface area contributed by atoms with Crippen molar-refractivity contribution < 1.29 is 14.7 Å². The van der Waals surface area contributed by atoms with Gasteiger partial charge in [0, 0.05) is 21.1 Å². The van der Waals surface area contributed by atoms with Crippen LogP contribution in [0.4, 0.5) is 0 Å². The Morgan fingerprint density at radius 2 is 1.13 bits per heavy atom. The molecule has 1 aliphatic rings. The summed E-state index contributed by atoms with van der Waals surface area (Å²) in [6.45, 7) is 2.76. The number of rotatable bonds is 17. The number of carbonyl (C=O) groups is 2. The molecule has 212 valence electrons. The number of halogens is 2. The van der Waals surface area contributed by atoms with Crippen LogP contribution in [-0.2, 0) is 9.59 Å². The van der Waals surface area contributed by atoms with E-state index in [1.54, 1.807) is 17.0 Å². The number of Topliss-reactive ketones (excluding diaryl/α,β-unsaturated/α-hetero) is 1. The van der Waals surface area contributed by atoms with E-state index in [9.17, 15) is 14.7 Å². The number of hydrogen-bond donors (Lipinski definition) is 1. The molecular formula is C33H43Br2NO3. The summed E-state index contributed by atoms with van der Waals surface area (Å²) in [6, 6.07) is 14.2. The summed E-state index contributed by atoms with van der Waals surface area (Å²) < 4.78 is 1.80. The van der Waals surface area contributed by atoms with Gasteiger partial charge in [-0.15, -0.1) is 0 Å². The lowest BCUT2D eigenvalue weighted by Gasteiger charge is -2.25. The number of hydrogen-bond acceptors (Lipinski definition) is 3. The third-order valence-electron chi connectivity index (χ3n) is 7.60. The van der Waals surface area contributed by atoms with Crippen LogP contribution in [0.15, 0.2) is 63.0 Å². The maximum atomic E-state index is 13.2. The fourth-order valence-electron chi connectivity index (χ4n) is 5.34. The second kappa shape index (κ2) is 17.0. The topological polar surface area (TPSA) is 57.6 Å². The first kappa shape index (κ1) is 31.6. The molecule has 0 aliphatic carbocycles. The molecule has 3 rings (SSSR count). The van der Waals surface area contributed by atoms with Gasteiger partial charge in [-0.05, 0) is 36.2 Å². The average Bonchev–Trinajstić information content (AvgIpc) is 3.18. The van der Waals surface area contributed by atoms with Gasteiger partial charge < -0.3 is 10.0 Å². The molecule has 0 radical (unpaired) electrons. The van der Waals surface area contributed by atoms with Crippen LogP contribution in [0.1, 0.15) is 114 Å². The fraction of sp³-hybridized carbons (Fsp3) is 0.515. The molecule has 2 aromatic carbocycles. The normalized spacial score (nSPS) is 16.8. The quantitative estimate of drug-likeness (QED) is 0.0795. The Labute approximate surface area is 251 Å². The molecule has 1 heterocycles. The Kier molecular flexibility index (Phi) is 13.8. The monoisotopic (exact) mass is 659 g/mol. The highest BCUT2D eigenvalue weighted by Gasteiger charge is 2.45. The Morgan fingerprint density at radius 1 is 0.692 bits per heavy atom. The molecule has 1 N–H and O–H groups in total. The van der Waals surface area contributed by atoms with Crippen molar-refractivity contribution in [3.8, 4) is 0 Å². The molecule has 0 spiro atoms. The van der Waals surface area contributed by atoms with Crippen molar-refractivity contribution in [2.45, 2.75) is 103 Å². The van der Waals surface area contributed by atoms with Crippen LogP contribution in [0.5, 0.6) is 0 Å². The Balaban J connectivity index is 1.52. The molecule has 1 aliphatic heterocycles. The van der Waals surface area contributed by atoms with Crippen molar-refractivity contribution in [2.24, 2.45) is 0 Å². The largest absolute Gasteiger partial charge is 0.507 e. The molecule has 4 nitrogen and oxygen atoms in total. The zero-order valence-electron chi connectivity index (χ0n) is 23.3. The van der Waals surface area contributed by atoms with Gasteiger partial charge in [-0.2, -0.15) is 0 Å². The molecule has 0 saturated carbocycles. The van der Waals surface area contributed by atoms with Crippen LogP contribution < -0.4 is 0 Å². The summed E-state index contributed by atoms with van der Waals surface area (Å²) in [5.74, 6) is -1.28. The molecule has 1 fully saturated rings. The van der Waals surface area contributed by atoms with Crippen LogP contribution in [0.25, 0.3) is 5.76 Å². The average molecular weight is 662 g/mol. The van der Waals surface area contributed by atoms with E-state index in [2.05, 4.69) is 38.8 Å². The SMILES string of the molecule is CCCCCCCCCCCCCCCCN1C(=O)C(=O)/C(=C(/O)c2ccc(Br)cc2)[C@@H]1c1ccc(Br)cc1. The van der Waals surface area contributed by atoms with Crippen molar-refractivity contribution in [3.63, 3.8) is 0 Å². The van der Waals surface area contributed by atoms with Gasteiger partial charge >= 0.3 is 0 Å². The number of carbonyl (C=O) groups excluding carboxylic acids is 2. The number of unbranched alkanes of at least 4 members (excludes halogenated alkanes) is 13. The summed E-state index contributed by atoms with van der Waals surface area (Å²) in [5, 5.41) is 11.2. The molecule has 1 atom stereocenters. The number of nitrogens with zero attached hydrogens (tertiary/aromatic N) is 1. The van der Waals surface area contributed by atoms with Gasteiger partial charge in [0.1, 0.15) is 5.76 Å². The van der Waals surface area contributed by atoms with E-state index in [0.29, 0.717) is 12.1 Å². The van der Waals surface area contributed by atoms with Gasteiger partial charge in [0.25, 0.3) is 11.7 Å². The van der Waals surface area contributed by atoms with Crippen molar-refractivity contribution in [2.75, 3.05) is 6.54 Å². The predicted octanol–water partition coefficient (Wildman–Crippen LogP) is 10.1. The van der Waals surface area contributed by atoms with E-state index in [-0.39, 0.29) is 11.3 Å². The highest BCUT2D eigenvalue weighted by molar-refractivity contribution is 9.10. The standard InChI is InChI=1S/C33H43Br2NO3/c1-2-3-4-5-6-7-8-9-10-11-12-13-14-15-24-36-30(25-16-20-27(34)21-17-25)29(32(38)33(36)39)31(37)26-18-22-28(35)23-19-26/h16-23,30,37H,2-15,24H2,1H3/b31-29+/t30-/m0/s1. The van der Waals surface area contributed by atoms with E-state index in [1.807, 2.05) is 36.4 Å². The zero-order valence-corrected chi connectivity index (χ0v) is 26.4. The lowest BCUT2D eigenvalue weighted by atomic mass is 9.95. The van der Waals surface area contributed by atoms with Gasteiger partial charge in [-0.3, -0.25) is 9.59 Å². The first-order valence-electron chi connectivity index (χ1n) is 14.7. The van der Waals surface area contributed by atoms with Gasteiger partial charge in [0.05, 0.1) is 11.6 Å². The van der Waals surface area contributed by atoms with E-state index in [1.165, 1.54) is 70.6 Å². The smallest absolute Gasteiger partial charge is 0.295 e. The lowest BCUT2D eigenvalue weighted by Crippen LogP contribution is -2.30. The number of aliphatic hydroxyl groups is 1. The van der Waals surface area contributed by atoms with E-state index >= 15 is 0 Å². The molecule has 0 aromatic heterocycles. The second-order valence-electron chi connectivity index (χ2n) is 10.6. The molecule has 0 bridgehead atoms. The maximum absolute atomic E-state index is 13.2. The van der Waals surface area contributed by atoms with E-state index in [0.717, 1.165) is 33.8 Å². The Morgan fingerprint density at radius 3 is 1.62 bits per heavy atom. The summed E-state index contributed by atoms with van der Waals surface area (Å²) in [7, 11) is 0. The van der Waals surface area contributed by atoms with Crippen LogP contribution in [0.3, 0.4) is 0 Å². The fourth-order valence-corrected chi connectivity index (χ4v) is 5.87. The number of ketones is 1. The Hall–Kier alpha value is -1.92. The minimum absolute atomic E-state index is 0.128. The van der Waals surface area contributed by atoms with Crippen molar-refractivity contribution >= 4 is 49.3 Å². The molecule has 0 unspecified atom stereocenters. The van der Waals surface area contributed by atoms with Gasteiger partial charge in [-0.1, -0.05) is 147 Å². The van der Waals surface area contributed by atoms with Crippen LogP contribution in [0.2, 0.25) is 0 Å². The van der Waals surface area contributed by atoms with Crippen molar-refractivity contribution in [1.29, 1.82) is 0 Å². The molecule has 1 amide bonds. The number of aliphatic hydroxyl groups excluding tert-OH is 1.